The maximum atomic E-state index is 12.5. The predicted octanol–water partition coefficient (Wildman–Crippen LogP) is 5.51. The van der Waals surface area contributed by atoms with Gasteiger partial charge in [0.15, 0.2) is 0 Å². The molecule has 0 radical (unpaired) electrons. The SMILES string of the molecule is CCCCCCCCOC(=O)c1ccccc1C(=O)OCCc1ccccc1[N+](=O)[O-]. The van der Waals surface area contributed by atoms with Crippen molar-refractivity contribution in [3.05, 3.63) is 75.3 Å². The van der Waals surface area contributed by atoms with Gasteiger partial charge in [0, 0.05) is 18.1 Å². The fourth-order valence-electron chi connectivity index (χ4n) is 3.20. The van der Waals surface area contributed by atoms with Crippen LogP contribution in [0.3, 0.4) is 0 Å². The van der Waals surface area contributed by atoms with E-state index in [1.807, 2.05) is 0 Å². The first-order chi connectivity index (χ1) is 15.0. The lowest BCUT2D eigenvalue weighted by atomic mass is 10.1. The van der Waals surface area contributed by atoms with Crippen molar-refractivity contribution in [3.8, 4) is 0 Å². The molecule has 2 aromatic rings. The summed E-state index contributed by atoms with van der Waals surface area (Å²) in [7, 11) is 0. The standard InChI is InChI=1S/C24H29NO6/c1-2-3-4-5-6-11-17-30-23(26)20-13-8-9-14-21(20)24(27)31-18-16-19-12-7-10-15-22(19)25(28)29/h7-10,12-15H,2-6,11,16-18H2,1H3. The van der Waals surface area contributed by atoms with Crippen molar-refractivity contribution in [3.63, 3.8) is 0 Å². The number of carbonyl (C=O) groups is 2. The third-order valence-corrected chi connectivity index (χ3v) is 4.89. The van der Waals surface area contributed by atoms with E-state index in [0.29, 0.717) is 12.2 Å². The molecule has 0 aliphatic carbocycles. The van der Waals surface area contributed by atoms with Crippen LogP contribution in [-0.2, 0) is 15.9 Å². The highest BCUT2D eigenvalue weighted by Crippen LogP contribution is 2.19. The van der Waals surface area contributed by atoms with Crippen LogP contribution >= 0.6 is 0 Å². The van der Waals surface area contributed by atoms with E-state index >= 15 is 0 Å². The largest absolute Gasteiger partial charge is 0.462 e. The van der Waals surface area contributed by atoms with E-state index in [4.69, 9.17) is 9.47 Å². The highest BCUT2D eigenvalue weighted by atomic mass is 16.6. The van der Waals surface area contributed by atoms with Crippen LogP contribution in [0, 0.1) is 10.1 Å². The summed E-state index contributed by atoms with van der Waals surface area (Å²) < 4.78 is 10.6. The molecule has 2 aromatic carbocycles. The lowest BCUT2D eigenvalue weighted by Gasteiger charge is -2.10. The highest BCUT2D eigenvalue weighted by molar-refractivity contribution is 6.03. The highest BCUT2D eigenvalue weighted by Gasteiger charge is 2.19. The number of unbranched alkanes of at least 4 members (excludes halogenated alkanes) is 5. The van der Waals surface area contributed by atoms with Crippen molar-refractivity contribution in [2.24, 2.45) is 0 Å². The van der Waals surface area contributed by atoms with Gasteiger partial charge in [-0.1, -0.05) is 69.4 Å². The lowest BCUT2D eigenvalue weighted by Crippen LogP contribution is -2.15. The van der Waals surface area contributed by atoms with Crippen LogP contribution < -0.4 is 0 Å². The fraction of sp³-hybridized carbons (Fsp3) is 0.417. The molecule has 0 saturated carbocycles. The molecule has 7 nitrogen and oxygen atoms in total. The smallest absolute Gasteiger partial charge is 0.339 e. The van der Waals surface area contributed by atoms with E-state index in [1.165, 1.54) is 37.5 Å². The summed E-state index contributed by atoms with van der Waals surface area (Å²) >= 11 is 0. The van der Waals surface area contributed by atoms with Crippen LogP contribution in [0.4, 0.5) is 5.69 Å². The molecule has 0 bridgehead atoms. The number of hydrogen-bond donors (Lipinski definition) is 0. The van der Waals surface area contributed by atoms with Crippen molar-refractivity contribution >= 4 is 17.6 Å². The van der Waals surface area contributed by atoms with Crippen LogP contribution in [0.15, 0.2) is 48.5 Å². The first-order valence-electron chi connectivity index (χ1n) is 10.7. The fourth-order valence-corrected chi connectivity index (χ4v) is 3.20. The molecule has 2 rings (SSSR count). The van der Waals surface area contributed by atoms with Crippen LogP contribution in [0.2, 0.25) is 0 Å². The summed E-state index contributed by atoms with van der Waals surface area (Å²) in [5.41, 5.74) is 0.742. The first kappa shape index (κ1) is 24.1. The number of nitro benzene ring substituents is 1. The minimum Gasteiger partial charge on any atom is -0.462 e. The summed E-state index contributed by atoms with van der Waals surface area (Å²) in [5, 5.41) is 11.1. The van der Waals surface area contributed by atoms with Crippen molar-refractivity contribution in [2.45, 2.75) is 51.9 Å². The molecule has 0 aliphatic heterocycles. The van der Waals surface area contributed by atoms with Crippen LogP contribution in [0.25, 0.3) is 0 Å². The first-order valence-corrected chi connectivity index (χ1v) is 10.7. The van der Waals surface area contributed by atoms with Crippen LogP contribution in [-0.4, -0.2) is 30.1 Å². The van der Waals surface area contributed by atoms with Gasteiger partial charge in [0.25, 0.3) is 5.69 Å². The van der Waals surface area contributed by atoms with E-state index in [1.54, 1.807) is 30.3 Å². The summed E-state index contributed by atoms with van der Waals surface area (Å²) in [6, 6.07) is 12.7. The van der Waals surface area contributed by atoms with Gasteiger partial charge in [-0.25, -0.2) is 9.59 Å². The zero-order valence-corrected chi connectivity index (χ0v) is 17.9. The van der Waals surface area contributed by atoms with Gasteiger partial charge in [0.05, 0.1) is 29.3 Å². The lowest BCUT2D eigenvalue weighted by molar-refractivity contribution is -0.385. The molecule has 0 saturated heterocycles. The molecular formula is C24H29NO6. The average molecular weight is 427 g/mol. The maximum Gasteiger partial charge on any atom is 0.339 e. The van der Waals surface area contributed by atoms with Gasteiger partial charge in [0.2, 0.25) is 0 Å². The van der Waals surface area contributed by atoms with Gasteiger partial charge < -0.3 is 9.47 Å². The summed E-state index contributed by atoms with van der Waals surface area (Å²) in [4.78, 5) is 35.5. The van der Waals surface area contributed by atoms with Gasteiger partial charge in [-0.3, -0.25) is 10.1 Å². The van der Waals surface area contributed by atoms with Crippen molar-refractivity contribution in [1.29, 1.82) is 0 Å². The number of rotatable bonds is 13. The zero-order valence-electron chi connectivity index (χ0n) is 17.9. The molecule has 166 valence electrons. The van der Waals surface area contributed by atoms with E-state index in [2.05, 4.69) is 6.92 Å². The number of carbonyl (C=O) groups excluding carboxylic acids is 2. The molecule has 7 heteroatoms. The molecule has 0 heterocycles. The monoisotopic (exact) mass is 427 g/mol. The minimum absolute atomic E-state index is 0.0165. The van der Waals surface area contributed by atoms with Crippen LogP contribution in [0.5, 0.6) is 0 Å². The summed E-state index contributed by atoms with van der Waals surface area (Å²) in [5.74, 6) is -1.22. The number of esters is 2. The van der Waals surface area contributed by atoms with Gasteiger partial charge in [-0.05, 0) is 18.6 Å². The van der Waals surface area contributed by atoms with Crippen molar-refractivity contribution in [1.82, 2.24) is 0 Å². The molecule has 0 atom stereocenters. The second-order valence-electron chi connectivity index (χ2n) is 7.22. The van der Waals surface area contributed by atoms with Gasteiger partial charge in [-0.2, -0.15) is 0 Å². The molecule has 0 amide bonds. The van der Waals surface area contributed by atoms with E-state index in [9.17, 15) is 19.7 Å². The molecule has 0 spiro atoms. The third-order valence-electron chi connectivity index (χ3n) is 4.89. The van der Waals surface area contributed by atoms with Gasteiger partial charge in [0.1, 0.15) is 0 Å². The molecule has 0 aliphatic rings. The number of nitro groups is 1. The Morgan fingerprint density at radius 2 is 1.35 bits per heavy atom. The average Bonchev–Trinajstić information content (AvgIpc) is 2.78. The van der Waals surface area contributed by atoms with E-state index < -0.39 is 16.9 Å². The number of hydrogen-bond acceptors (Lipinski definition) is 6. The molecule has 31 heavy (non-hydrogen) atoms. The quantitative estimate of drug-likeness (QED) is 0.181. The molecular weight excluding hydrogens is 398 g/mol. The van der Waals surface area contributed by atoms with E-state index in [-0.39, 0.29) is 29.8 Å². The predicted molar refractivity (Wildman–Crippen MR) is 117 cm³/mol. The number of ether oxygens (including phenoxy) is 2. The minimum atomic E-state index is -0.661. The Labute approximate surface area is 182 Å². The van der Waals surface area contributed by atoms with Gasteiger partial charge >= 0.3 is 11.9 Å². The Hall–Kier alpha value is -3.22. The van der Waals surface area contributed by atoms with Crippen molar-refractivity contribution < 1.29 is 24.0 Å². The second kappa shape index (κ2) is 13.2. The van der Waals surface area contributed by atoms with Crippen LogP contribution in [0.1, 0.15) is 71.7 Å². The van der Waals surface area contributed by atoms with Crippen molar-refractivity contribution in [2.75, 3.05) is 13.2 Å². The maximum absolute atomic E-state index is 12.5. The Kier molecular flexibility index (Phi) is 10.2. The second-order valence-corrected chi connectivity index (χ2v) is 7.22. The Morgan fingerprint density at radius 1 is 0.806 bits per heavy atom. The zero-order chi connectivity index (χ0) is 22.5. The van der Waals surface area contributed by atoms with Gasteiger partial charge in [-0.15, -0.1) is 0 Å². The molecule has 0 N–H and O–H groups in total. The molecule has 0 unspecified atom stereocenters. The Bertz CT molecular complexity index is 880. The summed E-state index contributed by atoms with van der Waals surface area (Å²) in [6.07, 6.45) is 6.70. The number of para-hydroxylation sites is 1. The Balaban J connectivity index is 1.87. The topological polar surface area (TPSA) is 95.7 Å². The molecule has 0 aromatic heterocycles. The summed E-state index contributed by atoms with van der Waals surface area (Å²) in [6.45, 7) is 2.44. The van der Waals surface area contributed by atoms with E-state index in [0.717, 1.165) is 19.3 Å². The number of nitrogens with zero attached hydrogens (tertiary/aromatic N) is 1. The third kappa shape index (κ3) is 7.85. The normalized spacial score (nSPS) is 10.5. The molecule has 0 fully saturated rings. The Morgan fingerprint density at radius 3 is 2.00 bits per heavy atom. The number of benzene rings is 2.